The third-order valence-electron chi connectivity index (χ3n) is 8.06. The van der Waals surface area contributed by atoms with Gasteiger partial charge in [-0.3, -0.25) is 14.6 Å². The number of allylic oxidation sites excluding steroid dienone is 1. The van der Waals surface area contributed by atoms with E-state index in [1.807, 2.05) is 42.9 Å². The first-order chi connectivity index (χ1) is 21.8. The summed E-state index contributed by atoms with van der Waals surface area (Å²) in [6.07, 6.45) is 10.2. The van der Waals surface area contributed by atoms with E-state index >= 15 is 0 Å². The topological polar surface area (TPSA) is 134 Å². The van der Waals surface area contributed by atoms with Gasteiger partial charge in [0.2, 0.25) is 11.7 Å². The number of hydrogen-bond acceptors (Lipinski definition) is 8. The van der Waals surface area contributed by atoms with Gasteiger partial charge in [0.15, 0.2) is 5.76 Å². The molecule has 6 rings (SSSR count). The van der Waals surface area contributed by atoms with Crippen LogP contribution in [-0.4, -0.2) is 77.4 Å². The van der Waals surface area contributed by atoms with Gasteiger partial charge in [0, 0.05) is 80.1 Å². The number of pyridine rings is 2. The van der Waals surface area contributed by atoms with Gasteiger partial charge >= 0.3 is 6.03 Å². The van der Waals surface area contributed by atoms with Crippen LogP contribution in [0.25, 0.3) is 17.1 Å². The number of urea groups is 1. The van der Waals surface area contributed by atoms with Gasteiger partial charge < -0.3 is 35.1 Å². The van der Waals surface area contributed by atoms with Gasteiger partial charge in [0.25, 0.3) is 0 Å². The van der Waals surface area contributed by atoms with Gasteiger partial charge in [-0.25, -0.2) is 9.78 Å². The first-order valence-electron chi connectivity index (χ1n) is 14.9. The maximum absolute atomic E-state index is 13.5. The number of ketones is 1. The zero-order valence-electron chi connectivity index (χ0n) is 25.5. The second-order valence-electron chi connectivity index (χ2n) is 11.6. The lowest BCUT2D eigenvalue weighted by molar-refractivity contribution is -0.125. The van der Waals surface area contributed by atoms with Crippen molar-refractivity contribution in [1.29, 1.82) is 0 Å². The Morgan fingerprint density at radius 2 is 1.89 bits per heavy atom. The van der Waals surface area contributed by atoms with Crippen molar-refractivity contribution in [3.63, 3.8) is 0 Å². The number of piperidine rings is 1. The molecule has 5 heterocycles. The molecular weight excluding hydrogens is 572 g/mol. The van der Waals surface area contributed by atoms with E-state index in [4.69, 9.17) is 4.74 Å². The minimum absolute atomic E-state index is 0.0121. The molecule has 12 heteroatoms. The van der Waals surface area contributed by atoms with E-state index in [9.17, 15) is 14.4 Å². The second kappa shape index (κ2) is 12.8. The highest BCUT2D eigenvalue weighted by Crippen LogP contribution is 2.37. The van der Waals surface area contributed by atoms with Gasteiger partial charge in [-0.2, -0.15) is 0 Å². The molecule has 232 valence electrons. The highest BCUT2D eigenvalue weighted by Gasteiger charge is 2.30. The molecule has 3 amide bonds. The number of carbonyl (C=O) groups is 3. The second-order valence-corrected chi connectivity index (χ2v) is 11.6. The van der Waals surface area contributed by atoms with Gasteiger partial charge in [0.05, 0.1) is 17.4 Å². The molecule has 1 aromatic carbocycles. The number of ether oxygens (including phenoxy) is 1. The summed E-state index contributed by atoms with van der Waals surface area (Å²) < 4.78 is 7.93. The lowest BCUT2D eigenvalue weighted by Gasteiger charge is -2.33. The average Bonchev–Trinajstić information content (AvgIpc) is 3.52. The zero-order valence-corrected chi connectivity index (χ0v) is 25.5. The van der Waals surface area contributed by atoms with E-state index in [1.165, 1.54) is 0 Å². The SMILES string of the molecule is CN(C)CCNC(=O)C1CCN(c2ccnc3c2c(/C=C2\Oc4ccc(NC(=O)Nc5cccnc5)cc4C2=O)cn3C)CC1. The third kappa shape index (κ3) is 6.50. The number of aryl methyl sites for hydroxylation is 1. The number of nitrogens with one attached hydrogen (secondary N) is 3. The fraction of sp³-hybridized carbons (Fsp3) is 0.303. The molecule has 2 aliphatic rings. The van der Waals surface area contributed by atoms with E-state index in [2.05, 4.69) is 30.8 Å². The summed E-state index contributed by atoms with van der Waals surface area (Å²) in [6, 6.07) is 9.96. The van der Waals surface area contributed by atoms with Crippen LogP contribution in [0.4, 0.5) is 21.9 Å². The molecule has 1 fully saturated rings. The molecule has 0 spiro atoms. The van der Waals surface area contributed by atoms with Crippen LogP contribution >= 0.6 is 0 Å². The van der Waals surface area contributed by atoms with Crippen molar-refractivity contribution in [2.75, 3.05) is 55.8 Å². The number of hydrogen-bond donors (Lipinski definition) is 3. The Kier molecular flexibility index (Phi) is 8.47. The van der Waals surface area contributed by atoms with Crippen molar-refractivity contribution in [3.8, 4) is 5.75 Å². The van der Waals surface area contributed by atoms with Crippen LogP contribution in [0.1, 0.15) is 28.8 Å². The molecule has 3 aromatic heterocycles. The lowest BCUT2D eigenvalue weighted by Crippen LogP contribution is -2.42. The minimum Gasteiger partial charge on any atom is -0.452 e. The maximum Gasteiger partial charge on any atom is 0.323 e. The third-order valence-corrected chi connectivity index (χ3v) is 8.06. The number of anilines is 3. The van der Waals surface area contributed by atoms with Gasteiger partial charge in [0.1, 0.15) is 11.4 Å². The number of rotatable bonds is 8. The Morgan fingerprint density at radius 1 is 1.09 bits per heavy atom. The quantitative estimate of drug-likeness (QED) is 0.255. The van der Waals surface area contributed by atoms with Crippen LogP contribution in [0.3, 0.4) is 0 Å². The first-order valence-corrected chi connectivity index (χ1v) is 14.9. The molecule has 3 N–H and O–H groups in total. The molecule has 0 bridgehead atoms. The van der Waals surface area contributed by atoms with Crippen molar-refractivity contribution >= 4 is 51.9 Å². The fourth-order valence-corrected chi connectivity index (χ4v) is 5.76. The number of carbonyl (C=O) groups excluding carboxylic acids is 3. The van der Waals surface area contributed by atoms with E-state index in [-0.39, 0.29) is 23.4 Å². The molecule has 0 saturated carbocycles. The maximum atomic E-state index is 13.5. The zero-order chi connectivity index (χ0) is 31.5. The van der Waals surface area contributed by atoms with Gasteiger partial charge in [-0.15, -0.1) is 0 Å². The van der Waals surface area contributed by atoms with Crippen LogP contribution < -0.4 is 25.6 Å². The Morgan fingerprint density at radius 3 is 2.64 bits per heavy atom. The number of aromatic nitrogens is 3. The number of likely N-dealkylation sites (N-methyl/N-ethyl adjacent to an activating group) is 1. The molecule has 0 aliphatic carbocycles. The predicted molar refractivity (Wildman–Crippen MR) is 173 cm³/mol. The molecule has 4 aromatic rings. The van der Waals surface area contributed by atoms with Crippen LogP contribution in [0, 0.1) is 5.92 Å². The van der Waals surface area contributed by atoms with Gasteiger partial charge in [-0.1, -0.05) is 0 Å². The van der Waals surface area contributed by atoms with Crippen molar-refractivity contribution < 1.29 is 19.1 Å². The number of Topliss-reactive ketones (excluding diaryl/α,β-unsaturated/α-hetero) is 1. The van der Waals surface area contributed by atoms with Crippen LogP contribution in [0.15, 0.2) is 66.9 Å². The molecule has 0 unspecified atom stereocenters. The summed E-state index contributed by atoms with van der Waals surface area (Å²) in [5, 5.41) is 9.44. The summed E-state index contributed by atoms with van der Waals surface area (Å²) >= 11 is 0. The van der Waals surface area contributed by atoms with E-state index in [0.717, 1.165) is 54.8 Å². The smallest absolute Gasteiger partial charge is 0.323 e. The van der Waals surface area contributed by atoms with Crippen molar-refractivity contribution in [1.82, 2.24) is 24.8 Å². The highest BCUT2D eigenvalue weighted by atomic mass is 16.5. The molecule has 0 radical (unpaired) electrons. The van der Waals surface area contributed by atoms with Gasteiger partial charge in [-0.05, 0) is 69.4 Å². The average molecular weight is 609 g/mol. The number of benzene rings is 1. The highest BCUT2D eigenvalue weighted by molar-refractivity contribution is 6.16. The number of nitrogens with zero attached hydrogens (tertiary/aromatic N) is 5. The standard InChI is InChI=1S/C33H36N8O4/c1-39(2)16-13-36-32(43)21-9-14-41(15-10-21)26-8-12-35-31-29(26)22(20-40(31)3)17-28-30(42)25-18-23(6-7-27(25)45-28)37-33(44)38-24-5-4-11-34-19-24/h4-8,11-12,17-21H,9-10,13-16H2,1-3H3,(H,36,43)(H2,37,38,44)/b28-17-. The predicted octanol–water partition coefficient (Wildman–Crippen LogP) is 4.12. The minimum atomic E-state index is -0.449. The Hall–Kier alpha value is -5.23. The number of fused-ring (bicyclic) bond motifs is 2. The summed E-state index contributed by atoms with van der Waals surface area (Å²) in [5.74, 6) is 0.448. The van der Waals surface area contributed by atoms with E-state index in [0.29, 0.717) is 29.2 Å². The largest absolute Gasteiger partial charge is 0.452 e. The summed E-state index contributed by atoms with van der Waals surface area (Å²) in [7, 11) is 5.90. The Bertz CT molecular complexity index is 1770. The summed E-state index contributed by atoms with van der Waals surface area (Å²) in [6.45, 7) is 2.93. The van der Waals surface area contributed by atoms with E-state index < -0.39 is 6.03 Å². The molecule has 0 atom stereocenters. The van der Waals surface area contributed by atoms with Crippen LogP contribution in [0.2, 0.25) is 0 Å². The summed E-state index contributed by atoms with van der Waals surface area (Å²) in [5.41, 5.74) is 3.98. The lowest BCUT2D eigenvalue weighted by atomic mass is 9.95. The molecule has 45 heavy (non-hydrogen) atoms. The van der Waals surface area contributed by atoms with Crippen molar-refractivity contribution in [2.45, 2.75) is 12.8 Å². The van der Waals surface area contributed by atoms with Crippen molar-refractivity contribution in [2.24, 2.45) is 13.0 Å². The number of amides is 3. The molecule has 2 aliphatic heterocycles. The first kappa shape index (κ1) is 29.8. The molecule has 1 saturated heterocycles. The molecular formula is C33H36N8O4. The van der Waals surface area contributed by atoms with E-state index in [1.54, 1.807) is 55.0 Å². The molecule has 12 nitrogen and oxygen atoms in total. The fourth-order valence-electron chi connectivity index (χ4n) is 5.76. The normalized spacial score (nSPS) is 15.8. The van der Waals surface area contributed by atoms with Crippen molar-refractivity contribution in [3.05, 3.63) is 78.1 Å². The Balaban J connectivity index is 1.18. The van der Waals surface area contributed by atoms with Crippen LogP contribution in [0.5, 0.6) is 5.75 Å². The Labute approximate surface area is 261 Å². The summed E-state index contributed by atoms with van der Waals surface area (Å²) in [4.78, 5) is 51.6. The monoisotopic (exact) mass is 608 g/mol. The van der Waals surface area contributed by atoms with Crippen LogP contribution in [-0.2, 0) is 11.8 Å².